The van der Waals surface area contributed by atoms with Crippen molar-refractivity contribution in [1.82, 2.24) is 15.5 Å². The van der Waals surface area contributed by atoms with Gasteiger partial charge in [0.2, 0.25) is 17.7 Å². The topological polar surface area (TPSA) is 162 Å². The van der Waals surface area contributed by atoms with E-state index in [0.29, 0.717) is 24.8 Å². The Morgan fingerprint density at radius 3 is 2.39 bits per heavy atom. The summed E-state index contributed by atoms with van der Waals surface area (Å²) in [5.74, 6) is -3.24. The standard InChI is InChI=1S/C26H33ClN4O7/c1-13(33)28-19-8-6-15(10-18(19)27)23(36)30-22(26(2,3)4)25(38)31-17-7-5-14(9-17)21(31)24(37)29-16(12-32)11-20(34)35/h6,8,10,12,14,16-17,21-22H,5,7,9,11H2,1-4H3,(H,28,33)(H,29,37)(H,30,36)(H,34,35)/t14-,16-,17?,21?,22+/m0/s1. The lowest BCUT2D eigenvalue weighted by molar-refractivity contribution is -0.147. The Balaban J connectivity index is 1.83. The van der Waals surface area contributed by atoms with Crippen molar-refractivity contribution in [1.29, 1.82) is 0 Å². The Hall–Kier alpha value is -3.47. The van der Waals surface area contributed by atoms with E-state index in [1.165, 1.54) is 30.0 Å². The number of amides is 4. The van der Waals surface area contributed by atoms with Gasteiger partial charge in [0, 0.05) is 18.5 Å². The van der Waals surface area contributed by atoms with Crippen LogP contribution in [0.15, 0.2) is 18.2 Å². The molecule has 2 aliphatic rings. The molecule has 12 heteroatoms. The van der Waals surface area contributed by atoms with Crippen molar-refractivity contribution in [3.63, 3.8) is 0 Å². The maximum Gasteiger partial charge on any atom is 0.305 e. The molecule has 206 valence electrons. The number of benzene rings is 1. The minimum absolute atomic E-state index is 0.127. The second-order valence-electron chi connectivity index (χ2n) is 10.9. The number of aldehydes is 1. The van der Waals surface area contributed by atoms with E-state index in [1.54, 1.807) is 20.8 Å². The molecule has 4 N–H and O–H groups in total. The van der Waals surface area contributed by atoms with E-state index in [0.717, 1.165) is 6.42 Å². The summed E-state index contributed by atoms with van der Waals surface area (Å²) in [5.41, 5.74) is -0.201. The summed E-state index contributed by atoms with van der Waals surface area (Å²) in [6.45, 7) is 6.71. The average Bonchev–Trinajstić information content (AvgIpc) is 3.43. The second kappa shape index (κ2) is 11.5. The molecular weight excluding hydrogens is 516 g/mol. The number of hydrogen-bond acceptors (Lipinski definition) is 6. The summed E-state index contributed by atoms with van der Waals surface area (Å²) in [5, 5.41) is 17.0. The number of carbonyl (C=O) groups excluding carboxylic acids is 5. The predicted molar refractivity (Wildman–Crippen MR) is 138 cm³/mol. The molecule has 5 atom stereocenters. The van der Waals surface area contributed by atoms with Crippen molar-refractivity contribution in [3.05, 3.63) is 28.8 Å². The SMILES string of the molecule is CC(=O)Nc1ccc(C(=O)N[C@H](C(=O)N2C3CC[C@@H](C3)C2C(=O)N[C@H](C=O)CC(=O)O)C(C)(C)C)cc1Cl. The van der Waals surface area contributed by atoms with Gasteiger partial charge in [0.05, 0.1) is 23.2 Å². The third kappa shape index (κ3) is 6.50. The van der Waals surface area contributed by atoms with Crippen molar-refractivity contribution >= 4 is 53.2 Å². The fourth-order valence-corrected chi connectivity index (χ4v) is 5.42. The number of carboxylic acids is 1. The largest absolute Gasteiger partial charge is 0.481 e. The molecule has 38 heavy (non-hydrogen) atoms. The van der Waals surface area contributed by atoms with E-state index >= 15 is 0 Å². The minimum atomic E-state index is -1.23. The number of piperidine rings is 1. The lowest BCUT2D eigenvalue weighted by Gasteiger charge is -2.40. The molecular formula is C26H33ClN4O7. The van der Waals surface area contributed by atoms with Gasteiger partial charge in [-0.05, 0) is 48.8 Å². The molecule has 1 aliphatic heterocycles. The van der Waals surface area contributed by atoms with Crippen LogP contribution in [0, 0.1) is 11.3 Å². The third-order valence-electron chi connectivity index (χ3n) is 6.93. The molecule has 0 aromatic heterocycles. The molecule has 1 saturated heterocycles. The van der Waals surface area contributed by atoms with Crippen LogP contribution < -0.4 is 16.0 Å². The van der Waals surface area contributed by atoms with Crippen LogP contribution in [0.2, 0.25) is 5.02 Å². The zero-order valence-electron chi connectivity index (χ0n) is 21.7. The fourth-order valence-electron chi connectivity index (χ4n) is 5.19. The molecule has 11 nitrogen and oxygen atoms in total. The molecule has 1 heterocycles. The van der Waals surface area contributed by atoms with Gasteiger partial charge in [-0.25, -0.2) is 0 Å². The lowest BCUT2D eigenvalue weighted by Crippen LogP contribution is -2.61. The highest BCUT2D eigenvalue weighted by Crippen LogP contribution is 2.43. The molecule has 3 rings (SSSR count). The molecule has 0 spiro atoms. The van der Waals surface area contributed by atoms with Crippen LogP contribution in [-0.2, 0) is 24.0 Å². The lowest BCUT2D eigenvalue weighted by atomic mass is 9.84. The summed E-state index contributed by atoms with van der Waals surface area (Å²) < 4.78 is 0. The second-order valence-corrected chi connectivity index (χ2v) is 11.3. The highest BCUT2D eigenvalue weighted by Gasteiger charge is 2.53. The van der Waals surface area contributed by atoms with Gasteiger partial charge >= 0.3 is 5.97 Å². The van der Waals surface area contributed by atoms with Gasteiger partial charge in [0.25, 0.3) is 5.91 Å². The maximum atomic E-state index is 13.9. The van der Waals surface area contributed by atoms with Crippen LogP contribution in [0.4, 0.5) is 5.69 Å². The van der Waals surface area contributed by atoms with Crippen molar-refractivity contribution in [2.45, 2.75) is 77.5 Å². The van der Waals surface area contributed by atoms with Crippen LogP contribution >= 0.6 is 11.6 Å². The van der Waals surface area contributed by atoms with E-state index in [2.05, 4.69) is 16.0 Å². The zero-order valence-corrected chi connectivity index (χ0v) is 22.5. The molecule has 1 aromatic rings. The van der Waals surface area contributed by atoms with E-state index in [9.17, 15) is 28.8 Å². The summed E-state index contributed by atoms with van der Waals surface area (Å²) in [7, 11) is 0. The first-order chi connectivity index (χ1) is 17.7. The maximum absolute atomic E-state index is 13.9. The van der Waals surface area contributed by atoms with Gasteiger partial charge in [0.1, 0.15) is 18.4 Å². The van der Waals surface area contributed by atoms with Crippen molar-refractivity contribution in [2.24, 2.45) is 11.3 Å². The third-order valence-corrected chi connectivity index (χ3v) is 7.24. The number of fused-ring (bicyclic) bond motifs is 2. The van der Waals surface area contributed by atoms with Gasteiger partial charge in [0.15, 0.2) is 0 Å². The van der Waals surface area contributed by atoms with Crippen LogP contribution in [-0.4, -0.2) is 70.1 Å². The van der Waals surface area contributed by atoms with Crippen LogP contribution in [0.25, 0.3) is 0 Å². The molecule has 2 bridgehead atoms. The van der Waals surface area contributed by atoms with E-state index in [-0.39, 0.29) is 28.5 Å². The van der Waals surface area contributed by atoms with Crippen LogP contribution in [0.1, 0.15) is 63.7 Å². The smallest absolute Gasteiger partial charge is 0.305 e. The Morgan fingerprint density at radius 1 is 1.16 bits per heavy atom. The number of anilines is 1. The van der Waals surface area contributed by atoms with Crippen molar-refractivity contribution in [3.8, 4) is 0 Å². The highest BCUT2D eigenvalue weighted by atomic mass is 35.5. The molecule has 4 amide bonds. The monoisotopic (exact) mass is 548 g/mol. The van der Waals surface area contributed by atoms with Crippen LogP contribution in [0.3, 0.4) is 0 Å². The Morgan fingerprint density at radius 2 is 1.84 bits per heavy atom. The van der Waals surface area contributed by atoms with Crippen molar-refractivity contribution in [2.75, 3.05) is 5.32 Å². The normalized spacial score (nSPS) is 21.8. The molecule has 2 fully saturated rings. The van der Waals surface area contributed by atoms with Gasteiger partial charge in [-0.15, -0.1) is 0 Å². The van der Waals surface area contributed by atoms with E-state index < -0.39 is 53.7 Å². The summed E-state index contributed by atoms with van der Waals surface area (Å²) in [4.78, 5) is 75.5. The van der Waals surface area contributed by atoms with Gasteiger partial charge < -0.3 is 30.8 Å². The zero-order chi connectivity index (χ0) is 28.4. The number of nitrogens with zero attached hydrogens (tertiary/aromatic N) is 1. The number of carbonyl (C=O) groups is 6. The van der Waals surface area contributed by atoms with Gasteiger partial charge in [-0.1, -0.05) is 32.4 Å². The van der Waals surface area contributed by atoms with Crippen molar-refractivity contribution < 1.29 is 33.9 Å². The first-order valence-electron chi connectivity index (χ1n) is 12.4. The quantitative estimate of drug-likeness (QED) is 0.343. The van der Waals surface area contributed by atoms with E-state index in [4.69, 9.17) is 16.7 Å². The Bertz CT molecular complexity index is 1150. The first-order valence-corrected chi connectivity index (χ1v) is 12.8. The molecule has 1 aliphatic carbocycles. The van der Waals surface area contributed by atoms with Gasteiger partial charge in [-0.3, -0.25) is 24.0 Å². The Labute approximate surface area is 225 Å². The summed E-state index contributed by atoms with van der Waals surface area (Å²) in [6.07, 6.45) is 1.85. The summed E-state index contributed by atoms with van der Waals surface area (Å²) in [6, 6.07) is 1.08. The minimum Gasteiger partial charge on any atom is -0.481 e. The molecule has 1 aromatic carbocycles. The van der Waals surface area contributed by atoms with Gasteiger partial charge in [-0.2, -0.15) is 0 Å². The number of hydrogen-bond donors (Lipinski definition) is 4. The molecule has 1 saturated carbocycles. The fraction of sp³-hybridized carbons (Fsp3) is 0.538. The number of carboxylic acid groups (broad SMARTS) is 1. The predicted octanol–water partition coefficient (Wildman–Crippen LogP) is 1.98. The summed E-state index contributed by atoms with van der Waals surface area (Å²) >= 11 is 6.22. The first kappa shape index (κ1) is 29.1. The van der Waals surface area contributed by atoms with Crippen LogP contribution in [0.5, 0.6) is 0 Å². The number of halogens is 1. The number of nitrogens with one attached hydrogen (secondary N) is 3. The highest BCUT2D eigenvalue weighted by molar-refractivity contribution is 6.34. The number of likely N-dealkylation sites (tertiary alicyclic amines) is 1. The average molecular weight is 549 g/mol. The van der Waals surface area contributed by atoms with E-state index in [1.807, 2.05) is 0 Å². The Kier molecular flexibility index (Phi) is 8.81. The number of aliphatic carboxylic acids is 1. The molecule has 2 unspecified atom stereocenters. The molecule has 0 radical (unpaired) electrons. The number of rotatable bonds is 9.